The van der Waals surface area contributed by atoms with E-state index in [1.54, 1.807) is 6.92 Å². The van der Waals surface area contributed by atoms with E-state index in [1.165, 1.54) is 0 Å². The van der Waals surface area contributed by atoms with Gasteiger partial charge < -0.3 is 5.11 Å². The Bertz CT molecular complexity index is 56.4. The van der Waals surface area contributed by atoms with Crippen molar-refractivity contribution in [1.82, 2.24) is 0 Å². The molecule has 0 bridgehead atoms. The molecule has 3 heteroatoms. The van der Waals surface area contributed by atoms with E-state index in [2.05, 4.69) is 31.9 Å². The highest BCUT2D eigenvalue weighted by atomic mass is 79.9. The summed E-state index contributed by atoms with van der Waals surface area (Å²) in [6.45, 7) is 1.78. The molecule has 0 amide bonds. The van der Waals surface area contributed by atoms with Gasteiger partial charge in [0.15, 0.2) is 0 Å². The lowest BCUT2D eigenvalue weighted by Gasteiger charge is -2.09. The summed E-state index contributed by atoms with van der Waals surface area (Å²) in [6, 6.07) is 0. The van der Waals surface area contributed by atoms with Crippen molar-refractivity contribution in [1.29, 1.82) is 0 Å². The van der Waals surface area contributed by atoms with Crippen LogP contribution in [-0.4, -0.2) is 21.4 Å². The molecule has 0 aliphatic rings. The van der Waals surface area contributed by atoms with Crippen molar-refractivity contribution in [2.75, 3.05) is 5.33 Å². The van der Waals surface area contributed by atoms with Crippen LogP contribution in [0.2, 0.25) is 0 Å². The van der Waals surface area contributed by atoms with E-state index >= 15 is 0 Å². The zero-order chi connectivity index (χ0) is 6.57. The third kappa shape index (κ3) is 3.87. The van der Waals surface area contributed by atoms with Crippen LogP contribution in [-0.2, 0) is 0 Å². The first-order valence-corrected chi connectivity index (χ1v) is 4.60. The molecule has 0 unspecified atom stereocenters. The monoisotopic (exact) mass is 244 g/mol. The molecule has 2 atom stereocenters. The number of hydrogen-bond acceptors (Lipinski definition) is 1. The second kappa shape index (κ2) is 4.77. The number of halogens is 2. The molecule has 50 valence electrons. The van der Waals surface area contributed by atoms with E-state index in [0.29, 0.717) is 0 Å². The molecule has 0 radical (unpaired) electrons. The van der Waals surface area contributed by atoms with E-state index in [1.807, 2.05) is 0 Å². The highest BCUT2D eigenvalue weighted by molar-refractivity contribution is 9.10. The number of alkyl halides is 2. The van der Waals surface area contributed by atoms with Crippen LogP contribution in [0.3, 0.4) is 0 Å². The highest BCUT2D eigenvalue weighted by Crippen LogP contribution is 2.10. The number of aliphatic hydroxyl groups is 1. The van der Waals surface area contributed by atoms with Crippen molar-refractivity contribution < 1.29 is 5.11 Å². The average Bonchev–Trinajstić information content (AvgIpc) is 1.67. The van der Waals surface area contributed by atoms with Gasteiger partial charge in [0.2, 0.25) is 0 Å². The second-order valence-corrected chi connectivity index (χ2v) is 3.70. The van der Waals surface area contributed by atoms with Crippen molar-refractivity contribution >= 4 is 31.9 Å². The van der Waals surface area contributed by atoms with Crippen LogP contribution in [0.4, 0.5) is 0 Å². The van der Waals surface area contributed by atoms with Crippen molar-refractivity contribution in [3.05, 3.63) is 0 Å². The van der Waals surface area contributed by atoms with Gasteiger partial charge in [0.1, 0.15) is 0 Å². The van der Waals surface area contributed by atoms with E-state index in [0.717, 1.165) is 11.8 Å². The van der Waals surface area contributed by atoms with Crippen LogP contribution in [0.1, 0.15) is 13.3 Å². The average molecular weight is 246 g/mol. The van der Waals surface area contributed by atoms with Crippen LogP contribution in [0.15, 0.2) is 0 Å². The SMILES string of the molecule is C[C@H](O)[C@@H](Br)CCBr. The highest BCUT2D eigenvalue weighted by Gasteiger charge is 2.07. The first-order chi connectivity index (χ1) is 3.68. The maximum Gasteiger partial charge on any atom is 0.0637 e. The first-order valence-electron chi connectivity index (χ1n) is 2.56. The molecule has 0 aromatic rings. The second-order valence-electron chi connectivity index (χ2n) is 1.73. The van der Waals surface area contributed by atoms with Crippen molar-refractivity contribution in [3.63, 3.8) is 0 Å². The summed E-state index contributed by atoms with van der Waals surface area (Å²) in [5.41, 5.74) is 0. The van der Waals surface area contributed by atoms with Crippen LogP contribution < -0.4 is 0 Å². The molecule has 0 aliphatic heterocycles. The van der Waals surface area contributed by atoms with Gasteiger partial charge in [0.25, 0.3) is 0 Å². The Morgan fingerprint density at radius 1 is 1.62 bits per heavy atom. The van der Waals surface area contributed by atoms with Gasteiger partial charge in [-0.3, -0.25) is 0 Å². The first kappa shape index (κ1) is 8.92. The van der Waals surface area contributed by atoms with Gasteiger partial charge in [0, 0.05) is 10.2 Å². The lowest BCUT2D eigenvalue weighted by Crippen LogP contribution is -2.15. The van der Waals surface area contributed by atoms with Crippen molar-refractivity contribution in [2.24, 2.45) is 0 Å². The number of aliphatic hydroxyl groups excluding tert-OH is 1. The minimum atomic E-state index is -0.243. The zero-order valence-corrected chi connectivity index (χ0v) is 7.94. The van der Waals surface area contributed by atoms with Gasteiger partial charge in [-0.25, -0.2) is 0 Å². The molecule has 0 heterocycles. The molecule has 0 fully saturated rings. The van der Waals surface area contributed by atoms with E-state index < -0.39 is 0 Å². The van der Waals surface area contributed by atoms with E-state index in [9.17, 15) is 0 Å². The van der Waals surface area contributed by atoms with Gasteiger partial charge in [0.05, 0.1) is 6.10 Å². The smallest absolute Gasteiger partial charge is 0.0637 e. The van der Waals surface area contributed by atoms with Gasteiger partial charge in [-0.15, -0.1) is 0 Å². The maximum absolute atomic E-state index is 8.88. The Labute approximate surface area is 66.7 Å². The Morgan fingerprint density at radius 3 is 2.25 bits per heavy atom. The van der Waals surface area contributed by atoms with Gasteiger partial charge in [-0.2, -0.15) is 0 Å². The largest absolute Gasteiger partial charge is 0.392 e. The topological polar surface area (TPSA) is 20.2 Å². The standard InChI is InChI=1S/C5H10Br2O/c1-4(8)5(7)2-3-6/h4-5,8H,2-3H2,1H3/t4-,5-/m0/s1. The lowest BCUT2D eigenvalue weighted by molar-refractivity contribution is 0.192. The predicted octanol–water partition coefficient (Wildman–Crippen LogP) is 1.92. The Morgan fingerprint density at radius 2 is 2.12 bits per heavy atom. The zero-order valence-electron chi connectivity index (χ0n) is 4.77. The summed E-state index contributed by atoms with van der Waals surface area (Å²) in [6.07, 6.45) is 0.727. The molecule has 0 aromatic carbocycles. The third-order valence-electron chi connectivity index (χ3n) is 0.908. The molecule has 1 N–H and O–H groups in total. The third-order valence-corrected chi connectivity index (χ3v) is 2.59. The fourth-order valence-electron chi connectivity index (χ4n) is 0.345. The normalized spacial score (nSPS) is 18.0. The molecule has 0 saturated carbocycles. The number of rotatable bonds is 3. The molecule has 1 nitrogen and oxygen atoms in total. The Hall–Kier alpha value is 0.920. The molecule has 0 spiro atoms. The fourth-order valence-corrected chi connectivity index (χ4v) is 1.68. The summed E-state index contributed by atoms with van der Waals surface area (Å²) in [5, 5.41) is 9.82. The maximum atomic E-state index is 8.88. The van der Waals surface area contributed by atoms with E-state index in [-0.39, 0.29) is 10.9 Å². The summed E-state index contributed by atoms with van der Waals surface area (Å²) >= 11 is 6.60. The number of hydrogen-bond donors (Lipinski definition) is 1. The van der Waals surface area contributed by atoms with Gasteiger partial charge in [-0.05, 0) is 13.3 Å². The van der Waals surface area contributed by atoms with Crippen LogP contribution in [0.25, 0.3) is 0 Å². The molecule has 0 saturated heterocycles. The van der Waals surface area contributed by atoms with Gasteiger partial charge in [-0.1, -0.05) is 31.9 Å². The van der Waals surface area contributed by atoms with Crippen molar-refractivity contribution in [2.45, 2.75) is 24.3 Å². The predicted molar refractivity (Wildman–Crippen MR) is 42.8 cm³/mol. The molecule has 8 heavy (non-hydrogen) atoms. The van der Waals surface area contributed by atoms with Crippen molar-refractivity contribution in [3.8, 4) is 0 Å². The molecule has 0 rings (SSSR count). The lowest BCUT2D eigenvalue weighted by atomic mass is 10.2. The van der Waals surface area contributed by atoms with E-state index in [4.69, 9.17) is 5.11 Å². The molecular formula is C5H10Br2O. The minimum absolute atomic E-state index is 0.238. The Kier molecular flexibility index (Phi) is 5.31. The Balaban J connectivity index is 3.17. The summed E-state index contributed by atoms with van der Waals surface area (Å²) in [4.78, 5) is 0.238. The van der Waals surface area contributed by atoms with Crippen LogP contribution in [0, 0.1) is 0 Å². The molecule has 0 aromatic heterocycles. The van der Waals surface area contributed by atoms with Gasteiger partial charge >= 0.3 is 0 Å². The van der Waals surface area contributed by atoms with Crippen LogP contribution >= 0.6 is 31.9 Å². The molecular weight excluding hydrogens is 236 g/mol. The summed E-state index contributed by atoms with van der Waals surface area (Å²) in [5.74, 6) is 0. The summed E-state index contributed by atoms with van der Waals surface area (Å²) in [7, 11) is 0. The quantitative estimate of drug-likeness (QED) is 0.754. The summed E-state index contributed by atoms with van der Waals surface area (Å²) < 4.78 is 0. The molecule has 0 aliphatic carbocycles. The fraction of sp³-hybridized carbons (Fsp3) is 1.00. The van der Waals surface area contributed by atoms with Crippen LogP contribution in [0.5, 0.6) is 0 Å². The minimum Gasteiger partial charge on any atom is -0.392 e.